The predicted molar refractivity (Wildman–Crippen MR) is 104 cm³/mol. The summed E-state index contributed by atoms with van der Waals surface area (Å²) in [4.78, 5) is 8.15. The minimum atomic E-state index is 0.790. The molecule has 0 radical (unpaired) electrons. The van der Waals surface area contributed by atoms with Gasteiger partial charge in [-0.2, -0.15) is 5.10 Å². The number of aromatic amines is 1. The summed E-state index contributed by atoms with van der Waals surface area (Å²) in [6.45, 7) is 8.71. The van der Waals surface area contributed by atoms with E-state index < -0.39 is 0 Å². The Morgan fingerprint density at radius 1 is 0.808 bits per heavy atom. The van der Waals surface area contributed by atoms with Crippen LogP contribution in [0.5, 0.6) is 0 Å². The van der Waals surface area contributed by atoms with Gasteiger partial charge in [0, 0.05) is 63.6 Å². The maximum absolute atomic E-state index is 4.63. The van der Waals surface area contributed by atoms with Crippen molar-refractivity contribution in [3.63, 3.8) is 0 Å². The molecule has 0 bridgehead atoms. The first-order valence-corrected chi connectivity index (χ1v) is 11.1. The third kappa shape index (κ3) is 3.46. The number of likely N-dealkylation sites (tertiary alicyclic amines) is 1. The fraction of sp³-hybridized carbons (Fsp3) is 0.857. The molecule has 5 heteroatoms. The molecule has 144 valence electrons. The number of H-pyrrole nitrogens is 1. The third-order valence-corrected chi connectivity index (χ3v) is 7.41. The zero-order valence-corrected chi connectivity index (χ0v) is 16.3. The van der Waals surface area contributed by atoms with E-state index in [-0.39, 0.29) is 0 Å². The fourth-order valence-electron chi connectivity index (χ4n) is 5.71. The van der Waals surface area contributed by atoms with Crippen molar-refractivity contribution in [3.05, 3.63) is 17.0 Å². The molecule has 0 spiro atoms. The molecule has 4 aliphatic rings. The topological polar surface area (TPSA) is 38.4 Å². The average Bonchev–Trinajstić information content (AvgIpc) is 3.08. The van der Waals surface area contributed by atoms with Crippen LogP contribution in [0.15, 0.2) is 0 Å². The minimum absolute atomic E-state index is 0.790. The van der Waals surface area contributed by atoms with Crippen LogP contribution in [0.3, 0.4) is 0 Å². The molecule has 3 fully saturated rings. The number of aryl methyl sites for hydroxylation is 1. The summed E-state index contributed by atoms with van der Waals surface area (Å²) >= 11 is 0. The maximum atomic E-state index is 4.63. The molecule has 3 heterocycles. The van der Waals surface area contributed by atoms with Crippen molar-refractivity contribution < 1.29 is 0 Å². The second kappa shape index (κ2) is 7.61. The number of hydrogen-bond acceptors (Lipinski definition) is 4. The van der Waals surface area contributed by atoms with E-state index in [4.69, 9.17) is 0 Å². The molecule has 5 nitrogen and oxygen atoms in total. The predicted octanol–water partition coefficient (Wildman–Crippen LogP) is 2.42. The van der Waals surface area contributed by atoms with Gasteiger partial charge in [-0.25, -0.2) is 0 Å². The van der Waals surface area contributed by atoms with E-state index in [1.807, 2.05) is 0 Å². The van der Waals surface area contributed by atoms with Crippen LogP contribution in [0.4, 0.5) is 0 Å². The SMILES string of the molecule is C1CCC(N2CCN(C3CN(Cc4n[nH]c5c4CCCC5)C3)CC2)CC1. The summed E-state index contributed by atoms with van der Waals surface area (Å²) in [5.41, 5.74) is 4.29. The summed E-state index contributed by atoms with van der Waals surface area (Å²) in [5, 5.41) is 7.93. The van der Waals surface area contributed by atoms with Gasteiger partial charge in [-0.1, -0.05) is 19.3 Å². The first-order valence-electron chi connectivity index (χ1n) is 11.1. The van der Waals surface area contributed by atoms with E-state index in [9.17, 15) is 0 Å². The lowest BCUT2D eigenvalue weighted by atomic mass is 9.93. The molecule has 0 unspecified atom stereocenters. The summed E-state index contributed by atoms with van der Waals surface area (Å²) in [7, 11) is 0. The molecule has 1 aromatic heterocycles. The first kappa shape index (κ1) is 17.2. The Bertz CT molecular complexity index is 592. The van der Waals surface area contributed by atoms with Crippen molar-refractivity contribution in [1.29, 1.82) is 0 Å². The zero-order chi connectivity index (χ0) is 17.3. The average molecular weight is 358 g/mol. The van der Waals surface area contributed by atoms with Gasteiger partial charge in [0.2, 0.25) is 0 Å². The zero-order valence-electron chi connectivity index (χ0n) is 16.3. The molecular formula is C21H35N5. The Balaban J connectivity index is 1.07. The maximum Gasteiger partial charge on any atom is 0.0797 e. The molecule has 0 amide bonds. The number of nitrogens with one attached hydrogen (secondary N) is 1. The Kier molecular flexibility index (Phi) is 5.03. The molecule has 1 N–H and O–H groups in total. The molecule has 2 aliphatic carbocycles. The molecule has 2 saturated heterocycles. The number of aromatic nitrogens is 2. The van der Waals surface area contributed by atoms with Crippen LogP contribution in [-0.4, -0.2) is 76.2 Å². The third-order valence-electron chi connectivity index (χ3n) is 7.41. The van der Waals surface area contributed by atoms with Crippen molar-refractivity contribution in [2.45, 2.75) is 76.4 Å². The van der Waals surface area contributed by atoms with Crippen LogP contribution in [0.2, 0.25) is 0 Å². The monoisotopic (exact) mass is 357 g/mol. The van der Waals surface area contributed by atoms with E-state index in [0.717, 1.165) is 18.6 Å². The lowest BCUT2D eigenvalue weighted by molar-refractivity contribution is -0.0109. The van der Waals surface area contributed by atoms with Crippen molar-refractivity contribution >= 4 is 0 Å². The highest BCUT2D eigenvalue weighted by molar-refractivity contribution is 5.27. The number of rotatable bonds is 4. The molecular weight excluding hydrogens is 322 g/mol. The largest absolute Gasteiger partial charge is 0.298 e. The Labute approximate surface area is 158 Å². The van der Waals surface area contributed by atoms with Crippen LogP contribution < -0.4 is 0 Å². The standard InChI is InChI=1S/C21H35N5/c1-2-6-17(7-3-1)25-10-12-26(13-11-25)18-14-24(15-18)16-21-19-8-4-5-9-20(19)22-23-21/h17-18H,1-16H2,(H,22,23). The number of fused-ring (bicyclic) bond motifs is 1. The van der Waals surface area contributed by atoms with E-state index in [2.05, 4.69) is 24.9 Å². The normalized spacial score (nSPS) is 27.4. The number of nitrogens with zero attached hydrogens (tertiary/aromatic N) is 4. The smallest absolute Gasteiger partial charge is 0.0797 e. The van der Waals surface area contributed by atoms with E-state index >= 15 is 0 Å². The molecule has 0 aromatic carbocycles. The van der Waals surface area contributed by atoms with Gasteiger partial charge in [-0.05, 0) is 44.1 Å². The van der Waals surface area contributed by atoms with Gasteiger partial charge >= 0.3 is 0 Å². The quantitative estimate of drug-likeness (QED) is 0.898. The van der Waals surface area contributed by atoms with Crippen molar-refractivity contribution in [1.82, 2.24) is 24.9 Å². The molecule has 1 saturated carbocycles. The van der Waals surface area contributed by atoms with Crippen LogP contribution in [0.25, 0.3) is 0 Å². The molecule has 2 aliphatic heterocycles. The number of piperazine rings is 1. The van der Waals surface area contributed by atoms with Gasteiger partial charge in [-0.15, -0.1) is 0 Å². The van der Waals surface area contributed by atoms with Gasteiger partial charge in [0.05, 0.1) is 5.69 Å². The van der Waals surface area contributed by atoms with Crippen molar-refractivity contribution in [2.24, 2.45) is 0 Å². The minimum Gasteiger partial charge on any atom is -0.298 e. The van der Waals surface area contributed by atoms with E-state index in [1.165, 1.54) is 108 Å². The second-order valence-corrected chi connectivity index (χ2v) is 9.05. The van der Waals surface area contributed by atoms with Crippen LogP contribution in [0, 0.1) is 0 Å². The first-order chi connectivity index (χ1) is 12.9. The molecule has 26 heavy (non-hydrogen) atoms. The summed E-state index contributed by atoms with van der Waals surface area (Å²) in [6.07, 6.45) is 12.4. The van der Waals surface area contributed by atoms with Gasteiger partial charge in [-0.3, -0.25) is 19.8 Å². The van der Waals surface area contributed by atoms with Crippen molar-refractivity contribution in [2.75, 3.05) is 39.3 Å². The van der Waals surface area contributed by atoms with Gasteiger partial charge in [0.15, 0.2) is 0 Å². The van der Waals surface area contributed by atoms with Gasteiger partial charge in [0.1, 0.15) is 0 Å². The fourth-order valence-corrected chi connectivity index (χ4v) is 5.71. The second-order valence-electron chi connectivity index (χ2n) is 9.05. The van der Waals surface area contributed by atoms with Crippen LogP contribution in [0.1, 0.15) is 61.9 Å². The highest BCUT2D eigenvalue weighted by Gasteiger charge is 2.35. The number of hydrogen-bond donors (Lipinski definition) is 1. The summed E-state index contributed by atoms with van der Waals surface area (Å²) in [5.74, 6) is 0. The Morgan fingerprint density at radius 3 is 2.27 bits per heavy atom. The Morgan fingerprint density at radius 2 is 1.50 bits per heavy atom. The van der Waals surface area contributed by atoms with E-state index in [1.54, 1.807) is 5.56 Å². The van der Waals surface area contributed by atoms with E-state index in [0.29, 0.717) is 0 Å². The van der Waals surface area contributed by atoms with Gasteiger partial charge in [0.25, 0.3) is 0 Å². The summed E-state index contributed by atoms with van der Waals surface area (Å²) < 4.78 is 0. The summed E-state index contributed by atoms with van der Waals surface area (Å²) in [6, 6.07) is 1.69. The van der Waals surface area contributed by atoms with Crippen LogP contribution >= 0.6 is 0 Å². The lowest BCUT2D eigenvalue weighted by Crippen LogP contribution is -2.63. The van der Waals surface area contributed by atoms with Gasteiger partial charge < -0.3 is 0 Å². The molecule has 5 rings (SSSR count). The highest BCUT2D eigenvalue weighted by atomic mass is 15.4. The molecule has 1 aromatic rings. The lowest BCUT2D eigenvalue weighted by Gasteiger charge is -2.49. The van der Waals surface area contributed by atoms with Crippen LogP contribution in [-0.2, 0) is 19.4 Å². The highest BCUT2D eigenvalue weighted by Crippen LogP contribution is 2.27. The Hall–Kier alpha value is -0.910. The molecule has 0 atom stereocenters. The van der Waals surface area contributed by atoms with Crippen molar-refractivity contribution in [3.8, 4) is 0 Å².